The van der Waals surface area contributed by atoms with Gasteiger partial charge < -0.3 is 20.1 Å². The first-order valence-electron chi connectivity index (χ1n) is 6.59. The number of hydrogen-bond donors (Lipinski definition) is 2. The molecule has 0 saturated carbocycles. The van der Waals surface area contributed by atoms with Gasteiger partial charge in [0.15, 0.2) is 5.76 Å². The minimum absolute atomic E-state index is 0.477. The largest absolute Gasteiger partial charge is 0.360 e. The van der Waals surface area contributed by atoms with Crippen LogP contribution >= 0.6 is 0 Å². The fourth-order valence-corrected chi connectivity index (χ4v) is 1.70. The zero-order valence-corrected chi connectivity index (χ0v) is 11.9. The maximum absolute atomic E-state index is 5.02. The molecule has 0 unspecified atom stereocenters. The van der Waals surface area contributed by atoms with Crippen LogP contribution in [-0.4, -0.2) is 40.2 Å². The lowest BCUT2D eigenvalue weighted by Gasteiger charge is -2.19. The highest BCUT2D eigenvalue weighted by atomic mass is 16.5. The molecule has 2 aromatic heterocycles. The van der Waals surface area contributed by atoms with E-state index in [0.29, 0.717) is 24.4 Å². The Morgan fingerprint density at radius 1 is 1.15 bits per heavy atom. The van der Waals surface area contributed by atoms with Crippen LogP contribution < -0.4 is 15.5 Å². The summed E-state index contributed by atoms with van der Waals surface area (Å²) < 4.78 is 5.02. The summed E-state index contributed by atoms with van der Waals surface area (Å²) in [5.74, 6) is 2.40. The second-order valence-corrected chi connectivity index (χ2v) is 4.04. The first kappa shape index (κ1) is 14.0. The van der Waals surface area contributed by atoms with Gasteiger partial charge in [-0.25, -0.2) is 0 Å². The van der Waals surface area contributed by atoms with Gasteiger partial charge in [-0.1, -0.05) is 5.16 Å². The van der Waals surface area contributed by atoms with Crippen LogP contribution in [0.5, 0.6) is 0 Å². The average Bonchev–Trinajstić information content (AvgIpc) is 2.99. The second kappa shape index (κ2) is 6.69. The van der Waals surface area contributed by atoms with Crippen molar-refractivity contribution in [3.05, 3.63) is 18.0 Å². The van der Waals surface area contributed by atoms with Crippen LogP contribution in [-0.2, 0) is 6.54 Å². The monoisotopic (exact) mass is 277 g/mol. The SMILES string of the molecule is CCN(CC)c1nc(NC)nc(NCc2ccno2)n1. The first-order valence-corrected chi connectivity index (χ1v) is 6.59. The maximum Gasteiger partial charge on any atom is 0.231 e. The third-order valence-electron chi connectivity index (χ3n) is 2.81. The summed E-state index contributed by atoms with van der Waals surface area (Å²) in [6, 6.07) is 1.79. The summed E-state index contributed by atoms with van der Waals surface area (Å²) in [7, 11) is 1.78. The van der Waals surface area contributed by atoms with Gasteiger partial charge in [0.05, 0.1) is 12.7 Å². The van der Waals surface area contributed by atoms with Gasteiger partial charge in [-0.2, -0.15) is 15.0 Å². The zero-order chi connectivity index (χ0) is 14.4. The molecular weight excluding hydrogens is 258 g/mol. The normalized spacial score (nSPS) is 10.3. The Balaban J connectivity index is 2.16. The number of nitrogens with zero attached hydrogens (tertiary/aromatic N) is 5. The predicted octanol–water partition coefficient (Wildman–Crippen LogP) is 1.36. The molecule has 0 spiro atoms. The van der Waals surface area contributed by atoms with Crippen LogP contribution in [0.25, 0.3) is 0 Å². The van der Waals surface area contributed by atoms with E-state index in [4.69, 9.17) is 4.52 Å². The van der Waals surface area contributed by atoms with Gasteiger partial charge in [0.1, 0.15) is 0 Å². The molecule has 0 fully saturated rings. The Labute approximate surface area is 117 Å². The van der Waals surface area contributed by atoms with Crippen molar-refractivity contribution in [2.24, 2.45) is 0 Å². The lowest BCUT2D eigenvalue weighted by atomic mass is 10.4. The molecule has 2 heterocycles. The summed E-state index contributed by atoms with van der Waals surface area (Å²) in [4.78, 5) is 15.1. The molecule has 8 nitrogen and oxygen atoms in total. The minimum atomic E-state index is 0.477. The topological polar surface area (TPSA) is 92.0 Å². The smallest absolute Gasteiger partial charge is 0.231 e. The van der Waals surface area contributed by atoms with Crippen molar-refractivity contribution < 1.29 is 4.52 Å². The lowest BCUT2D eigenvalue weighted by Crippen LogP contribution is -2.25. The van der Waals surface area contributed by atoms with Crippen molar-refractivity contribution in [1.82, 2.24) is 20.1 Å². The van der Waals surface area contributed by atoms with E-state index in [1.807, 2.05) is 0 Å². The molecule has 2 aromatic rings. The predicted molar refractivity (Wildman–Crippen MR) is 76.8 cm³/mol. The number of rotatable bonds is 7. The van der Waals surface area contributed by atoms with Crippen molar-refractivity contribution in [3.63, 3.8) is 0 Å². The molecule has 0 radical (unpaired) electrons. The van der Waals surface area contributed by atoms with Crippen molar-refractivity contribution in [3.8, 4) is 0 Å². The molecule has 0 atom stereocenters. The number of anilines is 3. The Morgan fingerprint density at radius 3 is 2.50 bits per heavy atom. The molecule has 0 aliphatic carbocycles. The summed E-state index contributed by atoms with van der Waals surface area (Å²) >= 11 is 0. The van der Waals surface area contributed by atoms with Gasteiger partial charge in [0.2, 0.25) is 17.8 Å². The molecule has 0 saturated heterocycles. The molecule has 2 N–H and O–H groups in total. The molecule has 0 amide bonds. The molecule has 0 aliphatic rings. The van der Waals surface area contributed by atoms with Gasteiger partial charge in [0.25, 0.3) is 0 Å². The average molecular weight is 277 g/mol. The van der Waals surface area contributed by atoms with Crippen LogP contribution in [0.4, 0.5) is 17.8 Å². The Morgan fingerprint density at radius 2 is 1.90 bits per heavy atom. The van der Waals surface area contributed by atoms with E-state index in [2.05, 4.69) is 49.5 Å². The van der Waals surface area contributed by atoms with Crippen molar-refractivity contribution >= 4 is 17.8 Å². The van der Waals surface area contributed by atoms with E-state index in [1.54, 1.807) is 19.3 Å². The van der Waals surface area contributed by atoms with Crippen molar-refractivity contribution in [2.45, 2.75) is 20.4 Å². The van der Waals surface area contributed by atoms with E-state index in [0.717, 1.165) is 18.8 Å². The summed E-state index contributed by atoms with van der Waals surface area (Å²) in [6.07, 6.45) is 1.60. The van der Waals surface area contributed by atoms with Gasteiger partial charge in [-0.05, 0) is 13.8 Å². The molecule has 20 heavy (non-hydrogen) atoms. The van der Waals surface area contributed by atoms with Crippen LogP contribution in [0.3, 0.4) is 0 Å². The van der Waals surface area contributed by atoms with Gasteiger partial charge >= 0.3 is 0 Å². The summed E-state index contributed by atoms with van der Waals surface area (Å²) in [6.45, 7) is 6.28. The molecule has 8 heteroatoms. The van der Waals surface area contributed by atoms with Gasteiger partial charge in [0, 0.05) is 26.2 Å². The van der Waals surface area contributed by atoms with Crippen LogP contribution in [0.15, 0.2) is 16.8 Å². The summed E-state index contributed by atoms with van der Waals surface area (Å²) in [5.41, 5.74) is 0. The van der Waals surface area contributed by atoms with Crippen LogP contribution in [0.2, 0.25) is 0 Å². The molecule has 0 aliphatic heterocycles. The molecular formula is C12H19N7O. The zero-order valence-electron chi connectivity index (χ0n) is 11.9. The lowest BCUT2D eigenvalue weighted by molar-refractivity contribution is 0.388. The van der Waals surface area contributed by atoms with Crippen molar-refractivity contribution in [1.29, 1.82) is 0 Å². The Bertz CT molecular complexity index is 525. The third kappa shape index (κ3) is 3.34. The number of hydrogen-bond acceptors (Lipinski definition) is 8. The van der Waals surface area contributed by atoms with E-state index in [-0.39, 0.29) is 0 Å². The second-order valence-electron chi connectivity index (χ2n) is 4.04. The third-order valence-corrected chi connectivity index (χ3v) is 2.81. The fraction of sp³-hybridized carbons (Fsp3) is 0.500. The molecule has 0 bridgehead atoms. The highest BCUT2D eigenvalue weighted by Crippen LogP contribution is 2.13. The molecule has 108 valence electrons. The van der Waals surface area contributed by atoms with E-state index in [9.17, 15) is 0 Å². The Hall–Kier alpha value is -2.38. The minimum Gasteiger partial charge on any atom is -0.360 e. The number of aromatic nitrogens is 4. The standard InChI is InChI=1S/C12H19N7O/c1-4-19(5-2)12-17-10(13-3)16-11(18-12)14-8-9-6-7-15-20-9/h6-7H,4-5,8H2,1-3H3,(H2,13,14,16,17,18). The summed E-state index contributed by atoms with van der Waals surface area (Å²) in [5, 5.41) is 9.69. The van der Waals surface area contributed by atoms with E-state index < -0.39 is 0 Å². The first-order chi connectivity index (χ1) is 9.76. The van der Waals surface area contributed by atoms with Crippen LogP contribution in [0.1, 0.15) is 19.6 Å². The van der Waals surface area contributed by atoms with Gasteiger partial charge in [-0.3, -0.25) is 0 Å². The highest BCUT2D eigenvalue weighted by molar-refractivity contribution is 5.43. The molecule has 0 aromatic carbocycles. The van der Waals surface area contributed by atoms with E-state index >= 15 is 0 Å². The highest BCUT2D eigenvalue weighted by Gasteiger charge is 2.10. The molecule has 2 rings (SSSR count). The quantitative estimate of drug-likeness (QED) is 0.783. The fourth-order valence-electron chi connectivity index (χ4n) is 1.70. The maximum atomic E-state index is 5.02. The van der Waals surface area contributed by atoms with Gasteiger partial charge in [-0.15, -0.1) is 0 Å². The number of nitrogens with one attached hydrogen (secondary N) is 2. The van der Waals surface area contributed by atoms with Crippen molar-refractivity contribution in [2.75, 3.05) is 35.7 Å². The Kier molecular flexibility index (Phi) is 4.70. The van der Waals surface area contributed by atoms with Crippen LogP contribution in [0, 0.1) is 0 Å². The van der Waals surface area contributed by atoms with E-state index in [1.165, 1.54) is 0 Å².